The van der Waals surface area contributed by atoms with Crippen molar-refractivity contribution in [2.75, 3.05) is 13.1 Å². The lowest BCUT2D eigenvalue weighted by Crippen LogP contribution is -2.53. The number of nitrogens with zero attached hydrogens (tertiary/aromatic N) is 2. The van der Waals surface area contributed by atoms with E-state index < -0.39 is 22.8 Å². The zero-order valence-electron chi connectivity index (χ0n) is 23.0. The first-order chi connectivity index (χ1) is 18.9. The summed E-state index contributed by atoms with van der Waals surface area (Å²) in [4.78, 5) is 31.3. The molecule has 0 spiro atoms. The van der Waals surface area contributed by atoms with Crippen LogP contribution in [0.2, 0.25) is 5.02 Å². The van der Waals surface area contributed by atoms with E-state index in [1.807, 2.05) is 32.0 Å². The molecule has 2 aliphatic heterocycles. The van der Waals surface area contributed by atoms with Gasteiger partial charge < -0.3 is 16.0 Å². The maximum atomic E-state index is 13.9. The zero-order chi connectivity index (χ0) is 29.0. The summed E-state index contributed by atoms with van der Waals surface area (Å²) >= 11 is 5.74. The number of carbonyl (C=O) groups excluding carboxylic acids is 2. The highest BCUT2D eigenvalue weighted by Crippen LogP contribution is 2.35. The number of nitrogens with one attached hydrogen (secondary N) is 1. The SMILES string of the molecule is CC(C)C[C@H](C(=O)NCc1ccc(Cl)c(C(F)(F)F)c1)N1CCC(CCc2ccccc2)N2C[C@H](N)C[C@H]2C1=O. The third-order valence-corrected chi connectivity index (χ3v) is 8.23. The molecule has 1 unspecified atom stereocenters. The molecule has 0 bridgehead atoms. The first kappa shape index (κ1) is 30.3. The van der Waals surface area contributed by atoms with Crippen LogP contribution in [0.3, 0.4) is 0 Å². The number of halogens is 4. The van der Waals surface area contributed by atoms with Gasteiger partial charge in [-0.3, -0.25) is 14.5 Å². The average Bonchev–Trinajstić information content (AvgIpc) is 3.24. The second-order valence-corrected chi connectivity index (χ2v) is 11.8. The summed E-state index contributed by atoms with van der Waals surface area (Å²) < 4.78 is 39.9. The van der Waals surface area contributed by atoms with Crippen LogP contribution in [-0.2, 0) is 28.7 Å². The molecule has 0 saturated carbocycles. The molecule has 0 aromatic heterocycles. The summed E-state index contributed by atoms with van der Waals surface area (Å²) in [6.45, 7) is 4.94. The van der Waals surface area contributed by atoms with Gasteiger partial charge in [-0.15, -0.1) is 0 Å². The first-order valence-electron chi connectivity index (χ1n) is 13.9. The quantitative estimate of drug-likeness (QED) is 0.438. The van der Waals surface area contributed by atoms with Gasteiger partial charge in [0.2, 0.25) is 11.8 Å². The molecular formula is C30H38ClF3N4O2. The monoisotopic (exact) mass is 578 g/mol. The van der Waals surface area contributed by atoms with Crippen LogP contribution in [0.4, 0.5) is 13.2 Å². The van der Waals surface area contributed by atoms with E-state index in [-0.39, 0.29) is 48.0 Å². The number of aryl methyl sites for hydroxylation is 1. The highest BCUT2D eigenvalue weighted by Gasteiger charge is 2.45. The zero-order valence-corrected chi connectivity index (χ0v) is 23.7. The van der Waals surface area contributed by atoms with Crippen LogP contribution in [0.25, 0.3) is 0 Å². The Morgan fingerprint density at radius 2 is 1.88 bits per heavy atom. The summed E-state index contributed by atoms with van der Waals surface area (Å²) in [6, 6.07) is 12.8. The molecule has 0 aliphatic carbocycles. The van der Waals surface area contributed by atoms with Gasteiger partial charge in [-0.25, -0.2) is 0 Å². The Morgan fingerprint density at radius 3 is 2.55 bits per heavy atom. The molecule has 2 aliphatic rings. The van der Waals surface area contributed by atoms with Crippen LogP contribution in [0.1, 0.15) is 56.2 Å². The fraction of sp³-hybridized carbons (Fsp3) is 0.533. The predicted molar refractivity (Wildman–Crippen MR) is 150 cm³/mol. The summed E-state index contributed by atoms with van der Waals surface area (Å²) in [5.41, 5.74) is 6.90. The molecule has 218 valence electrons. The summed E-state index contributed by atoms with van der Waals surface area (Å²) in [5, 5.41) is 2.39. The van der Waals surface area contributed by atoms with Gasteiger partial charge in [0.15, 0.2) is 0 Å². The van der Waals surface area contributed by atoms with Gasteiger partial charge in [0, 0.05) is 31.7 Å². The van der Waals surface area contributed by atoms with Gasteiger partial charge >= 0.3 is 6.18 Å². The van der Waals surface area contributed by atoms with E-state index >= 15 is 0 Å². The minimum absolute atomic E-state index is 0.0955. The molecule has 4 rings (SSSR count). The standard InChI is InChI=1S/C30H38ClF3N4O2/c1-19(2)14-26(28(39)36-17-21-9-11-25(31)24(15-21)30(32,33)34)37-13-12-23(10-8-20-6-4-3-5-7-20)38-18-22(35)16-27(38)29(37)40/h3-7,9,11,15,19,22-23,26-27H,8,10,12-14,16-18,35H2,1-2H3,(H,36,39)/t22-,23?,26-,27+/m1/s1. The molecule has 2 aromatic rings. The summed E-state index contributed by atoms with van der Waals surface area (Å²) in [5.74, 6) is -0.348. The fourth-order valence-corrected chi connectivity index (χ4v) is 6.15. The minimum atomic E-state index is -4.60. The summed E-state index contributed by atoms with van der Waals surface area (Å²) in [6.07, 6.45) is -1.13. The second-order valence-electron chi connectivity index (χ2n) is 11.4. The van der Waals surface area contributed by atoms with Gasteiger partial charge in [0.05, 0.1) is 16.6 Å². The summed E-state index contributed by atoms with van der Waals surface area (Å²) in [7, 11) is 0. The number of fused-ring (bicyclic) bond motifs is 1. The number of nitrogens with two attached hydrogens (primary N) is 1. The van der Waals surface area contributed by atoms with E-state index in [0.717, 1.165) is 25.3 Å². The normalized spacial score (nSPS) is 22.8. The van der Waals surface area contributed by atoms with Gasteiger partial charge in [-0.1, -0.05) is 61.8 Å². The fourth-order valence-electron chi connectivity index (χ4n) is 5.92. The van der Waals surface area contributed by atoms with Crippen LogP contribution in [-0.4, -0.2) is 58.9 Å². The van der Waals surface area contributed by atoms with Crippen LogP contribution in [0, 0.1) is 5.92 Å². The van der Waals surface area contributed by atoms with Gasteiger partial charge in [-0.2, -0.15) is 13.2 Å². The maximum absolute atomic E-state index is 13.9. The number of carbonyl (C=O) groups is 2. The van der Waals surface area contributed by atoms with E-state index in [1.165, 1.54) is 17.7 Å². The van der Waals surface area contributed by atoms with Crippen LogP contribution >= 0.6 is 11.6 Å². The van der Waals surface area contributed by atoms with Crippen molar-refractivity contribution in [1.29, 1.82) is 0 Å². The third kappa shape index (κ3) is 7.36. The second kappa shape index (κ2) is 12.9. The largest absolute Gasteiger partial charge is 0.417 e. The number of hydrogen-bond acceptors (Lipinski definition) is 4. The van der Waals surface area contributed by atoms with Crippen LogP contribution in [0.15, 0.2) is 48.5 Å². The maximum Gasteiger partial charge on any atom is 0.417 e. The lowest BCUT2D eigenvalue weighted by Gasteiger charge is -2.33. The van der Waals surface area contributed by atoms with Gasteiger partial charge in [0.25, 0.3) is 0 Å². The van der Waals surface area contributed by atoms with Crippen LogP contribution < -0.4 is 11.1 Å². The molecule has 3 N–H and O–H groups in total. The Bertz CT molecular complexity index is 1180. The highest BCUT2D eigenvalue weighted by molar-refractivity contribution is 6.31. The molecule has 4 atom stereocenters. The lowest BCUT2D eigenvalue weighted by molar-refractivity contribution is -0.143. The van der Waals surface area contributed by atoms with Crippen molar-refractivity contribution < 1.29 is 22.8 Å². The van der Waals surface area contributed by atoms with Gasteiger partial charge in [-0.05, 0) is 61.3 Å². The van der Waals surface area contributed by atoms with Gasteiger partial charge in [0.1, 0.15) is 6.04 Å². The number of benzene rings is 2. The third-order valence-electron chi connectivity index (χ3n) is 7.90. The molecule has 40 heavy (non-hydrogen) atoms. The highest BCUT2D eigenvalue weighted by atomic mass is 35.5. The molecule has 10 heteroatoms. The Labute approximate surface area is 239 Å². The number of amides is 2. The molecule has 2 amide bonds. The molecular weight excluding hydrogens is 541 g/mol. The Hall–Kier alpha value is -2.62. The Morgan fingerprint density at radius 1 is 1.15 bits per heavy atom. The van der Waals surface area contributed by atoms with Crippen molar-refractivity contribution in [3.63, 3.8) is 0 Å². The Kier molecular flexibility index (Phi) is 9.80. The molecule has 2 fully saturated rings. The smallest absolute Gasteiger partial charge is 0.350 e. The first-order valence-corrected chi connectivity index (χ1v) is 14.3. The van der Waals surface area contributed by atoms with Crippen molar-refractivity contribution in [1.82, 2.24) is 15.1 Å². The van der Waals surface area contributed by atoms with E-state index in [0.29, 0.717) is 25.9 Å². The van der Waals surface area contributed by atoms with Crippen molar-refractivity contribution in [2.45, 2.75) is 82.8 Å². The van der Waals surface area contributed by atoms with E-state index in [4.69, 9.17) is 17.3 Å². The topological polar surface area (TPSA) is 78.7 Å². The lowest BCUT2D eigenvalue weighted by atomic mass is 9.99. The number of alkyl halides is 3. The average molecular weight is 579 g/mol. The number of rotatable bonds is 9. The Balaban J connectivity index is 1.50. The molecule has 2 aromatic carbocycles. The van der Waals surface area contributed by atoms with E-state index in [1.54, 1.807) is 4.90 Å². The van der Waals surface area contributed by atoms with E-state index in [9.17, 15) is 22.8 Å². The van der Waals surface area contributed by atoms with Crippen molar-refractivity contribution in [3.05, 3.63) is 70.2 Å². The van der Waals surface area contributed by atoms with E-state index in [2.05, 4.69) is 22.3 Å². The number of hydrogen-bond donors (Lipinski definition) is 2. The predicted octanol–water partition coefficient (Wildman–Crippen LogP) is 5.03. The van der Waals surface area contributed by atoms with Crippen molar-refractivity contribution in [3.8, 4) is 0 Å². The molecule has 2 heterocycles. The minimum Gasteiger partial charge on any atom is -0.350 e. The van der Waals surface area contributed by atoms with Crippen LogP contribution in [0.5, 0.6) is 0 Å². The molecule has 6 nitrogen and oxygen atoms in total. The molecule has 0 radical (unpaired) electrons. The molecule has 2 saturated heterocycles. The van der Waals surface area contributed by atoms with Crippen molar-refractivity contribution >= 4 is 23.4 Å². The van der Waals surface area contributed by atoms with Crippen molar-refractivity contribution in [2.24, 2.45) is 11.7 Å².